The molecule has 0 radical (unpaired) electrons. The van der Waals surface area contributed by atoms with E-state index in [1.165, 1.54) is 43.2 Å². The van der Waals surface area contributed by atoms with Crippen LogP contribution < -0.4 is 5.32 Å². The number of carbonyl (C=O) groups is 1. The van der Waals surface area contributed by atoms with Crippen molar-refractivity contribution in [2.45, 2.75) is 57.5 Å². The molecule has 2 aliphatic rings. The summed E-state index contributed by atoms with van der Waals surface area (Å²) in [4.78, 5) is 15.2. The van der Waals surface area contributed by atoms with Crippen molar-refractivity contribution in [2.24, 2.45) is 0 Å². The lowest BCUT2D eigenvalue weighted by Crippen LogP contribution is -2.48. The highest BCUT2D eigenvalue weighted by atomic mass is 16.2. The summed E-state index contributed by atoms with van der Waals surface area (Å²) in [6.07, 6.45) is 7.23. The number of nitrogens with one attached hydrogen (secondary N) is 1. The molecule has 1 unspecified atom stereocenters. The van der Waals surface area contributed by atoms with E-state index < -0.39 is 0 Å². The van der Waals surface area contributed by atoms with Crippen LogP contribution in [0.5, 0.6) is 0 Å². The molecule has 3 rings (SSSR count). The SMILES string of the molecule is CCN(C(=O)C1NCCc2ccccc21)C1CCCCC1. The largest absolute Gasteiger partial charge is 0.338 e. The first-order chi connectivity index (χ1) is 10.3. The lowest BCUT2D eigenvalue weighted by atomic mass is 9.91. The first-order valence-electron chi connectivity index (χ1n) is 8.43. The van der Waals surface area contributed by atoms with Crippen molar-refractivity contribution in [3.05, 3.63) is 35.4 Å². The zero-order chi connectivity index (χ0) is 14.7. The second-order valence-electron chi connectivity index (χ2n) is 6.25. The van der Waals surface area contributed by atoms with Gasteiger partial charge in [0.05, 0.1) is 0 Å². The Morgan fingerprint density at radius 2 is 2.00 bits per heavy atom. The van der Waals surface area contributed by atoms with Crippen LogP contribution in [0.25, 0.3) is 0 Å². The molecule has 1 aliphatic carbocycles. The standard InChI is InChI=1S/C18H26N2O/c1-2-20(15-9-4-3-5-10-15)18(21)17-16-11-7-6-8-14(16)12-13-19-17/h6-8,11,15,17,19H,2-5,9-10,12-13H2,1H3. The van der Waals surface area contributed by atoms with Crippen molar-refractivity contribution in [1.82, 2.24) is 10.2 Å². The molecule has 114 valence electrons. The van der Waals surface area contributed by atoms with Crippen LogP contribution in [0.4, 0.5) is 0 Å². The quantitative estimate of drug-likeness (QED) is 0.926. The van der Waals surface area contributed by atoms with E-state index in [0.717, 1.165) is 19.5 Å². The Kier molecular flexibility index (Phi) is 4.59. The molecule has 21 heavy (non-hydrogen) atoms. The van der Waals surface area contributed by atoms with Crippen LogP contribution in [0.1, 0.15) is 56.2 Å². The molecule has 1 heterocycles. The molecule has 0 spiro atoms. The molecule has 1 aliphatic heterocycles. The smallest absolute Gasteiger partial charge is 0.244 e. The van der Waals surface area contributed by atoms with Crippen molar-refractivity contribution >= 4 is 5.91 Å². The molecule has 0 saturated heterocycles. The predicted octanol–water partition coefficient (Wildman–Crippen LogP) is 3.05. The number of rotatable bonds is 3. The highest BCUT2D eigenvalue weighted by Crippen LogP contribution is 2.28. The second kappa shape index (κ2) is 6.61. The fraction of sp³-hybridized carbons (Fsp3) is 0.611. The third kappa shape index (κ3) is 2.98. The summed E-state index contributed by atoms with van der Waals surface area (Å²) in [6, 6.07) is 8.70. The van der Waals surface area contributed by atoms with Crippen LogP contribution in [0, 0.1) is 0 Å². The monoisotopic (exact) mass is 286 g/mol. The summed E-state index contributed by atoms with van der Waals surface area (Å²) < 4.78 is 0. The Morgan fingerprint density at radius 1 is 1.24 bits per heavy atom. The van der Waals surface area contributed by atoms with Crippen molar-refractivity contribution in [1.29, 1.82) is 0 Å². The van der Waals surface area contributed by atoms with E-state index in [4.69, 9.17) is 0 Å². The number of amides is 1. The summed E-state index contributed by atoms with van der Waals surface area (Å²) in [5.41, 5.74) is 2.51. The van der Waals surface area contributed by atoms with Crippen molar-refractivity contribution in [2.75, 3.05) is 13.1 Å². The van der Waals surface area contributed by atoms with E-state index in [2.05, 4.69) is 35.3 Å². The van der Waals surface area contributed by atoms with Gasteiger partial charge >= 0.3 is 0 Å². The first-order valence-corrected chi connectivity index (χ1v) is 8.43. The van der Waals surface area contributed by atoms with E-state index >= 15 is 0 Å². The lowest BCUT2D eigenvalue weighted by Gasteiger charge is -2.37. The van der Waals surface area contributed by atoms with Gasteiger partial charge in [-0.3, -0.25) is 4.79 Å². The summed E-state index contributed by atoms with van der Waals surface area (Å²) in [5, 5.41) is 3.44. The highest BCUT2D eigenvalue weighted by molar-refractivity contribution is 5.84. The normalized spacial score (nSPS) is 22.6. The van der Waals surface area contributed by atoms with Crippen molar-refractivity contribution in [3.63, 3.8) is 0 Å². The molecule has 3 heteroatoms. The van der Waals surface area contributed by atoms with Gasteiger partial charge in [0.15, 0.2) is 0 Å². The van der Waals surface area contributed by atoms with Gasteiger partial charge in [0, 0.05) is 19.1 Å². The Bertz CT molecular complexity index is 494. The molecular weight excluding hydrogens is 260 g/mol. The first kappa shape index (κ1) is 14.6. The minimum Gasteiger partial charge on any atom is -0.338 e. The maximum atomic E-state index is 13.1. The molecule has 1 N–H and O–H groups in total. The average Bonchev–Trinajstić information content (AvgIpc) is 2.56. The number of hydrogen-bond acceptors (Lipinski definition) is 2. The van der Waals surface area contributed by atoms with Gasteiger partial charge in [0.2, 0.25) is 5.91 Å². The molecule has 0 aromatic heterocycles. The van der Waals surface area contributed by atoms with Gasteiger partial charge in [0.25, 0.3) is 0 Å². The lowest BCUT2D eigenvalue weighted by molar-refractivity contribution is -0.136. The number of hydrogen-bond donors (Lipinski definition) is 1. The third-order valence-electron chi connectivity index (χ3n) is 5.00. The van der Waals surface area contributed by atoms with Gasteiger partial charge < -0.3 is 10.2 Å². The molecule has 0 bridgehead atoms. The third-order valence-corrected chi connectivity index (χ3v) is 5.00. The van der Waals surface area contributed by atoms with E-state index in [1.54, 1.807) is 0 Å². The van der Waals surface area contributed by atoms with Gasteiger partial charge in [-0.1, -0.05) is 43.5 Å². The van der Waals surface area contributed by atoms with Crippen LogP contribution in [0.15, 0.2) is 24.3 Å². The molecule has 1 fully saturated rings. The number of nitrogens with zero attached hydrogens (tertiary/aromatic N) is 1. The summed E-state index contributed by atoms with van der Waals surface area (Å²) in [6.45, 7) is 3.83. The molecule has 1 aromatic rings. The fourth-order valence-corrected chi connectivity index (χ4v) is 3.88. The van der Waals surface area contributed by atoms with E-state index in [-0.39, 0.29) is 11.9 Å². The highest BCUT2D eigenvalue weighted by Gasteiger charge is 2.32. The van der Waals surface area contributed by atoms with E-state index in [0.29, 0.717) is 6.04 Å². The maximum Gasteiger partial charge on any atom is 0.244 e. The minimum atomic E-state index is -0.142. The van der Waals surface area contributed by atoms with Gasteiger partial charge in [0.1, 0.15) is 6.04 Å². The average molecular weight is 286 g/mol. The Hall–Kier alpha value is -1.35. The van der Waals surface area contributed by atoms with Crippen molar-refractivity contribution < 1.29 is 4.79 Å². The van der Waals surface area contributed by atoms with Crippen molar-refractivity contribution in [3.8, 4) is 0 Å². The van der Waals surface area contributed by atoms with Crippen LogP contribution >= 0.6 is 0 Å². The maximum absolute atomic E-state index is 13.1. The van der Waals surface area contributed by atoms with Crippen LogP contribution in [-0.4, -0.2) is 29.9 Å². The summed E-state index contributed by atoms with van der Waals surface area (Å²) >= 11 is 0. The summed E-state index contributed by atoms with van der Waals surface area (Å²) in [5.74, 6) is 0.275. The van der Waals surface area contributed by atoms with Gasteiger partial charge in [-0.05, 0) is 37.3 Å². The molecule has 1 amide bonds. The molecule has 1 atom stereocenters. The van der Waals surface area contributed by atoms with E-state index in [9.17, 15) is 4.79 Å². The molecule has 3 nitrogen and oxygen atoms in total. The number of likely N-dealkylation sites (N-methyl/N-ethyl adjacent to an activating group) is 1. The zero-order valence-corrected chi connectivity index (χ0v) is 13.0. The Morgan fingerprint density at radius 3 is 2.76 bits per heavy atom. The predicted molar refractivity (Wildman–Crippen MR) is 85.1 cm³/mol. The second-order valence-corrected chi connectivity index (χ2v) is 6.25. The fourth-order valence-electron chi connectivity index (χ4n) is 3.88. The Balaban J connectivity index is 1.80. The topological polar surface area (TPSA) is 32.3 Å². The summed E-state index contributed by atoms with van der Waals surface area (Å²) in [7, 11) is 0. The minimum absolute atomic E-state index is 0.142. The van der Waals surface area contributed by atoms with Crippen LogP contribution in [0.2, 0.25) is 0 Å². The van der Waals surface area contributed by atoms with Crippen LogP contribution in [0.3, 0.4) is 0 Å². The van der Waals surface area contributed by atoms with Gasteiger partial charge in [-0.25, -0.2) is 0 Å². The Labute approximate surface area is 127 Å². The number of fused-ring (bicyclic) bond motifs is 1. The molecule has 1 saturated carbocycles. The number of benzene rings is 1. The molecular formula is C18H26N2O. The zero-order valence-electron chi connectivity index (χ0n) is 13.0. The number of carbonyl (C=O) groups excluding carboxylic acids is 1. The molecule has 1 aromatic carbocycles. The van der Waals surface area contributed by atoms with Crippen LogP contribution in [-0.2, 0) is 11.2 Å². The van der Waals surface area contributed by atoms with E-state index in [1.807, 2.05) is 6.07 Å². The van der Waals surface area contributed by atoms with Gasteiger partial charge in [-0.15, -0.1) is 0 Å². The van der Waals surface area contributed by atoms with Gasteiger partial charge in [-0.2, -0.15) is 0 Å².